The van der Waals surface area contributed by atoms with Crippen molar-refractivity contribution in [3.8, 4) is 0 Å². The lowest BCUT2D eigenvalue weighted by Gasteiger charge is -2.37. The van der Waals surface area contributed by atoms with Crippen molar-refractivity contribution in [1.29, 1.82) is 0 Å². The maximum absolute atomic E-state index is 10.9. The summed E-state index contributed by atoms with van der Waals surface area (Å²) in [6, 6.07) is 0. The Morgan fingerprint density at radius 3 is 2.34 bits per heavy atom. The topological polar surface area (TPSA) is 102 Å². The largest absolute Gasteiger partial charge is 0.481 e. The zero-order chi connectivity index (χ0) is 21.1. The van der Waals surface area contributed by atoms with Crippen molar-refractivity contribution in [3.63, 3.8) is 0 Å². The standard InChI is InChI=1S/C15H23NO6.C7H6/c1-15(11-16-13(18)8-17)21-9-12(10-22-15)6-4-2-3-5-7-14(19)20;1-2-7-4-3-6(1)5-7/h2,4,8,12H,3,5-7,9-11H2,1H3,(H,16,18)(H,19,20);1-4H,5H2. The Labute approximate surface area is 171 Å². The van der Waals surface area contributed by atoms with Crippen molar-refractivity contribution < 1.29 is 29.0 Å². The highest BCUT2D eigenvalue weighted by Crippen LogP contribution is 2.27. The van der Waals surface area contributed by atoms with Gasteiger partial charge >= 0.3 is 5.97 Å². The van der Waals surface area contributed by atoms with Crippen LogP contribution in [0.4, 0.5) is 0 Å². The van der Waals surface area contributed by atoms with Gasteiger partial charge in [-0.2, -0.15) is 0 Å². The molecule has 7 heteroatoms. The van der Waals surface area contributed by atoms with Crippen LogP contribution in [-0.2, 0) is 23.9 Å². The molecule has 1 saturated heterocycles. The van der Waals surface area contributed by atoms with Gasteiger partial charge in [-0.1, -0.05) is 36.5 Å². The molecule has 0 aromatic heterocycles. The summed E-state index contributed by atoms with van der Waals surface area (Å²) in [5, 5.41) is 10.9. The van der Waals surface area contributed by atoms with Gasteiger partial charge in [0.1, 0.15) is 0 Å². The van der Waals surface area contributed by atoms with Gasteiger partial charge in [0, 0.05) is 12.3 Å². The van der Waals surface area contributed by atoms with E-state index in [2.05, 4.69) is 29.6 Å². The second-order valence-electron chi connectivity index (χ2n) is 7.44. The van der Waals surface area contributed by atoms with Crippen molar-refractivity contribution in [2.24, 2.45) is 5.92 Å². The van der Waals surface area contributed by atoms with Crippen LogP contribution in [0.2, 0.25) is 0 Å². The summed E-state index contributed by atoms with van der Waals surface area (Å²) in [6.07, 6.45) is 16.5. The van der Waals surface area contributed by atoms with E-state index in [1.165, 1.54) is 17.6 Å². The molecule has 2 aliphatic carbocycles. The van der Waals surface area contributed by atoms with Crippen LogP contribution in [0.25, 0.3) is 0 Å². The van der Waals surface area contributed by atoms with Crippen LogP contribution in [0.15, 0.2) is 47.6 Å². The van der Waals surface area contributed by atoms with Crippen molar-refractivity contribution in [2.45, 2.75) is 44.8 Å². The zero-order valence-electron chi connectivity index (χ0n) is 16.8. The van der Waals surface area contributed by atoms with Gasteiger partial charge < -0.3 is 19.9 Å². The number of hydrogen-bond acceptors (Lipinski definition) is 5. The monoisotopic (exact) mass is 403 g/mol. The van der Waals surface area contributed by atoms with E-state index in [1.807, 2.05) is 12.2 Å². The third-order valence-corrected chi connectivity index (χ3v) is 4.77. The fourth-order valence-electron chi connectivity index (χ4n) is 2.99. The number of amides is 1. The number of carboxylic acids is 1. The molecule has 29 heavy (non-hydrogen) atoms. The number of carboxylic acid groups (broad SMARTS) is 1. The number of ether oxygens (including phenoxy) is 2. The minimum atomic E-state index is -0.902. The minimum absolute atomic E-state index is 0.127. The molecule has 0 spiro atoms. The fourth-order valence-corrected chi connectivity index (χ4v) is 2.99. The number of aliphatic carboxylic acids is 1. The molecule has 1 fully saturated rings. The molecule has 1 heterocycles. The van der Waals surface area contributed by atoms with E-state index in [4.69, 9.17) is 14.6 Å². The highest BCUT2D eigenvalue weighted by molar-refractivity contribution is 6.23. The number of aldehydes is 1. The Hall–Kier alpha value is -2.51. The van der Waals surface area contributed by atoms with Crippen LogP contribution < -0.4 is 5.32 Å². The Morgan fingerprint density at radius 2 is 1.86 bits per heavy atom. The molecular weight excluding hydrogens is 374 g/mol. The number of carbonyl (C=O) groups excluding carboxylic acids is 2. The predicted octanol–water partition coefficient (Wildman–Crippen LogP) is 2.69. The number of nitrogens with one attached hydrogen (secondary N) is 1. The van der Waals surface area contributed by atoms with Crippen LogP contribution in [0.1, 0.15) is 39.0 Å². The average molecular weight is 403 g/mol. The molecule has 3 rings (SSSR count). The summed E-state index contributed by atoms with van der Waals surface area (Å²) in [4.78, 5) is 31.5. The van der Waals surface area contributed by atoms with E-state index in [1.54, 1.807) is 6.92 Å². The molecule has 2 bridgehead atoms. The van der Waals surface area contributed by atoms with Gasteiger partial charge in [0.25, 0.3) is 5.91 Å². The van der Waals surface area contributed by atoms with Gasteiger partial charge in [-0.05, 0) is 43.8 Å². The van der Waals surface area contributed by atoms with E-state index in [9.17, 15) is 14.4 Å². The van der Waals surface area contributed by atoms with Crippen LogP contribution in [0.3, 0.4) is 0 Å². The molecule has 2 N–H and O–H groups in total. The Kier molecular flexibility index (Phi) is 9.02. The van der Waals surface area contributed by atoms with Crippen LogP contribution in [-0.4, -0.2) is 48.8 Å². The number of unbranched alkanes of at least 4 members (excludes halogenated alkanes) is 1. The van der Waals surface area contributed by atoms with Gasteiger partial charge in [0.05, 0.1) is 19.8 Å². The van der Waals surface area contributed by atoms with E-state index in [0.29, 0.717) is 19.6 Å². The lowest BCUT2D eigenvalue weighted by molar-refractivity contribution is -0.268. The van der Waals surface area contributed by atoms with Crippen molar-refractivity contribution >= 4 is 18.2 Å². The van der Waals surface area contributed by atoms with Crippen molar-refractivity contribution in [1.82, 2.24) is 5.32 Å². The van der Waals surface area contributed by atoms with E-state index in [0.717, 1.165) is 12.8 Å². The molecule has 1 amide bonds. The molecule has 158 valence electrons. The molecule has 1 aliphatic heterocycles. The summed E-state index contributed by atoms with van der Waals surface area (Å²) in [5.74, 6) is -2.14. The number of fused-ring (bicyclic) bond motifs is 2. The molecule has 0 saturated carbocycles. The van der Waals surface area contributed by atoms with E-state index in [-0.39, 0.29) is 25.2 Å². The molecule has 0 radical (unpaired) electrons. The SMILES string of the molecule is C1=CC2=CC=C1C2.CC1(CNC(=O)C=O)OCC(CC=CCCCC(=O)O)CO1. The zero-order valence-corrected chi connectivity index (χ0v) is 16.8. The minimum Gasteiger partial charge on any atom is -0.481 e. The van der Waals surface area contributed by atoms with Gasteiger partial charge in [-0.15, -0.1) is 0 Å². The van der Waals surface area contributed by atoms with Gasteiger partial charge in [0.15, 0.2) is 5.79 Å². The Bertz CT molecular complexity index is 691. The first-order valence-electron chi connectivity index (χ1n) is 9.86. The molecule has 0 atom stereocenters. The first-order chi connectivity index (χ1) is 13.9. The molecular formula is C22H29NO6. The second kappa shape index (κ2) is 11.5. The summed E-state index contributed by atoms with van der Waals surface area (Å²) >= 11 is 0. The quantitative estimate of drug-likeness (QED) is 0.266. The lowest BCUT2D eigenvalue weighted by atomic mass is 10.1. The van der Waals surface area contributed by atoms with E-state index < -0.39 is 17.7 Å². The first kappa shape index (κ1) is 22.8. The first-order valence-corrected chi connectivity index (χ1v) is 9.86. The third-order valence-electron chi connectivity index (χ3n) is 4.77. The van der Waals surface area contributed by atoms with Gasteiger partial charge in [-0.25, -0.2) is 0 Å². The molecule has 0 aromatic rings. The summed E-state index contributed by atoms with van der Waals surface area (Å²) < 4.78 is 11.2. The highest BCUT2D eigenvalue weighted by Gasteiger charge is 2.32. The number of allylic oxidation sites excluding steroid dienone is 8. The van der Waals surface area contributed by atoms with Crippen LogP contribution in [0.5, 0.6) is 0 Å². The Morgan fingerprint density at radius 1 is 1.21 bits per heavy atom. The predicted molar refractivity (Wildman–Crippen MR) is 108 cm³/mol. The maximum Gasteiger partial charge on any atom is 0.303 e. The molecule has 0 aromatic carbocycles. The summed E-state index contributed by atoms with van der Waals surface area (Å²) in [7, 11) is 0. The van der Waals surface area contributed by atoms with Crippen LogP contribution in [0, 0.1) is 5.92 Å². The summed E-state index contributed by atoms with van der Waals surface area (Å²) in [5.41, 5.74) is 2.94. The molecule has 0 unspecified atom stereocenters. The Balaban J connectivity index is 0.000000351. The number of rotatable bonds is 9. The van der Waals surface area contributed by atoms with Gasteiger partial charge in [0.2, 0.25) is 6.29 Å². The number of carbonyl (C=O) groups is 3. The summed E-state index contributed by atoms with van der Waals surface area (Å²) in [6.45, 7) is 2.86. The average Bonchev–Trinajstić information content (AvgIpc) is 3.37. The van der Waals surface area contributed by atoms with Crippen LogP contribution >= 0.6 is 0 Å². The molecule has 3 aliphatic rings. The fraction of sp³-hybridized carbons (Fsp3) is 0.500. The molecule has 7 nitrogen and oxygen atoms in total. The lowest BCUT2D eigenvalue weighted by Crippen LogP contribution is -2.49. The maximum atomic E-state index is 10.9. The van der Waals surface area contributed by atoms with Crippen molar-refractivity contribution in [2.75, 3.05) is 19.8 Å². The third kappa shape index (κ3) is 8.58. The van der Waals surface area contributed by atoms with Crippen molar-refractivity contribution in [3.05, 3.63) is 47.6 Å². The smallest absolute Gasteiger partial charge is 0.303 e. The second-order valence-corrected chi connectivity index (χ2v) is 7.44. The number of hydrogen-bond donors (Lipinski definition) is 2. The van der Waals surface area contributed by atoms with Gasteiger partial charge in [-0.3, -0.25) is 14.4 Å². The highest BCUT2D eigenvalue weighted by atomic mass is 16.7. The van der Waals surface area contributed by atoms with E-state index >= 15 is 0 Å². The normalized spacial score (nSPS) is 24.5.